The highest BCUT2D eigenvalue weighted by Gasteiger charge is 2.09. The number of carbonyl (C=O) groups is 2. The largest absolute Gasteiger partial charge is 0.497 e. The number of ether oxygens (including phenoxy) is 3. The first-order valence-electron chi connectivity index (χ1n) is 12.1. The monoisotopic (exact) mass is 540 g/mol. The molecular formula is C29H37FN4O5. The number of halogens is 1. The molecule has 3 aromatic rings. The first kappa shape index (κ1) is 32.6. The van der Waals surface area contributed by atoms with Crippen LogP contribution in [0.3, 0.4) is 0 Å². The van der Waals surface area contributed by atoms with Gasteiger partial charge in [0.2, 0.25) is 0 Å². The van der Waals surface area contributed by atoms with E-state index in [9.17, 15) is 14.0 Å². The van der Waals surface area contributed by atoms with Crippen LogP contribution in [0, 0.1) is 5.82 Å². The molecule has 0 aliphatic carbocycles. The van der Waals surface area contributed by atoms with Gasteiger partial charge in [-0.15, -0.1) is 0 Å². The number of methoxy groups -OCH3 is 3. The van der Waals surface area contributed by atoms with Gasteiger partial charge in [0.25, 0.3) is 5.91 Å². The van der Waals surface area contributed by atoms with E-state index in [-0.39, 0.29) is 18.2 Å². The summed E-state index contributed by atoms with van der Waals surface area (Å²) in [5, 5.41) is 2.98. The molecule has 9 nitrogen and oxygen atoms in total. The van der Waals surface area contributed by atoms with Gasteiger partial charge in [-0.25, -0.2) is 4.39 Å². The fourth-order valence-electron chi connectivity index (χ4n) is 3.23. The van der Waals surface area contributed by atoms with Crippen LogP contribution in [0.15, 0.2) is 71.7 Å². The Morgan fingerprint density at radius 3 is 2.18 bits per heavy atom. The summed E-state index contributed by atoms with van der Waals surface area (Å²) in [4.78, 5) is 24.8. The summed E-state index contributed by atoms with van der Waals surface area (Å²) in [7, 11) is 6.37. The smallest absolute Gasteiger partial charge is 0.253 e. The summed E-state index contributed by atoms with van der Waals surface area (Å²) in [5.74, 6) is 0.513. The van der Waals surface area contributed by atoms with Gasteiger partial charge < -0.3 is 35.8 Å². The number of hydrogen-bond acceptors (Lipinski definition) is 6. The third-order valence-electron chi connectivity index (χ3n) is 5.08. The van der Waals surface area contributed by atoms with Gasteiger partial charge in [0, 0.05) is 24.6 Å². The van der Waals surface area contributed by atoms with Gasteiger partial charge in [-0.1, -0.05) is 42.5 Å². The Hall–Kier alpha value is -4.44. The normalized spacial score (nSPS) is 9.56. The maximum absolute atomic E-state index is 12.9. The Morgan fingerprint density at radius 1 is 0.923 bits per heavy atom. The van der Waals surface area contributed by atoms with E-state index in [1.165, 1.54) is 25.8 Å². The van der Waals surface area contributed by atoms with E-state index in [4.69, 9.17) is 25.7 Å². The minimum absolute atomic E-state index is 0.0745. The second kappa shape index (κ2) is 18.8. The molecule has 0 aliphatic heterocycles. The number of nitrogens with one attached hydrogen (secondary N) is 1. The molecule has 3 aromatic carbocycles. The standard InChI is InChI=1S/C11H15N3O3.C9H12FNO.C9H10O/c1-16-8-4-3-7(9(6-8)17-2)5-10(15)14-11(12)13;1-11-6-7-3-4-8(10)9(5-7)12-2;10-8-4-7-9-5-2-1-3-6-9/h3-4,6H,5H2,1-2H3,(H4,12,13,14,15);3-5,11H,6H2,1-2H3;1-3,5-6,8H,4,7H2. The minimum atomic E-state index is -0.423. The lowest BCUT2D eigenvalue weighted by molar-refractivity contribution is -0.117. The number of aryl methyl sites for hydroxylation is 1. The molecule has 0 aliphatic rings. The molecule has 0 saturated heterocycles. The van der Waals surface area contributed by atoms with E-state index >= 15 is 0 Å². The van der Waals surface area contributed by atoms with Crippen molar-refractivity contribution in [2.75, 3.05) is 28.4 Å². The third-order valence-corrected chi connectivity index (χ3v) is 5.08. The van der Waals surface area contributed by atoms with Crippen molar-refractivity contribution >= 4 is 18.2 Å². The van der Waals surface area contributed by atoms with Crippen molar-refractivity contribution in [2.45, 2.75) is 25.8 Å². The molecule has 0 aromatic heterocycles. The van der Waals surface area contributed by atoms with Gasteiger partial charge in [0.05, 0.1) is 27.8 Å². The molecule has 10 heteroatoms. The number of aliphatic imine (C=N–C) groups is 1. The predicted molar refractivity (Wildman–Crippen MR) is 151 cm³/mol. The topological polar surface area (TPSA) is 138 Å². The van der Waals surface area contributed by atoms with Gasteiger partial charge in [-0.2, -0.15) is 4.99 Å². The van der Waals surface area contributed by atoms with Crippen molar-refractivity contribution in [1.82, 2.24) is 5.32 Å². The van der Waals surface area contributed by atoms with Crippen LogP contribution in [0.25, 0.3) is 0 Å². The van der Waals surface area contributed by atoms with Gasteiger partial charge in [0.15, 0.2) is 17.5 Å². The lowest BCUT2D eigenvalue weighted by Gasteiger charge is -2.08. The molecular weight excluding hydrogens is 503 g/mol. The number of hydrogen-bond donors (Lipinski definition) is 3. The number of carbonyl (C=O) groups excluding carboxylic acids is 2. The zero-order chi connectivity index (χ0) is 29.0. The van der Waals surface area contributed by atoms with E-state index in [1.54, 1.807) is 37.4 Å². The van der Waals surface area contributed by atoms with E-state index < -0.39 is 5.91 Å². The number of amides is 1. The molecule has 0 saturated carbocycles. The fraction of sp³-hybridized carbons (Fsp3) is 0.276. The van der Waals surface area contributed by atoms with Crippen LogP contribution in [-0.2, 0) is 29.0 Å². The maximum Gasteiger partial charge on any atom is 0.253 e. The summed E-state index contributed by atoms with van der Waals surface area (Å²) >= 11 is 0. The average Bonchev–Trinajstić information content (AvgIpc) is 2.94. The maximum atomic E-state index is 12.9. The molecule has 1 amide bonds. The fourth-order valence-corrected chi connectivity index (χ4v) is 3.23. The van der Waals surface area contributed by atoms with E-state index in [1.807, 2.05) is 37.4 Å². The molecule has 39 heavy (non-hydrogen) atoms. The molecule has 0 spiro atoms. The van der Waals surface area contributed by atoms with Gasteiger partial charge in [0.1, 0.15) is 17.8 Å². The van der Waals surface area contributed by atoms with E-state index in [2.05, 4.69) is 10.3 Å². The summed E-state index contributed by atoms with van der Waals surface area (Å²) in [5.41, 5.74) is 13.2. The van der Waals surface area contributed by atoms with Crippen LogP contribution in [0.5, 0.6) is 17.2 Å². The number of benzene rings is 3. The van der Waals surface area contributed by atoms with Gasteiger partial charge in [-0.3, -0.25) is 4.79 Å². The SMILES string of the molecule is CNCc1ccc(F)c(OC)c1.COc1ccc(CC(=O)N=C(N)N)c(OC)c1.O=CCCc1ccccc1. The lowest BCUT2D eigenvalue weighted by Crippen LogP contribution is -2.24. The van der Waals surface area contributed by atoms with Crippen LogP contribution in [0.2, 0.25) is 0 Å². The lowest BCUT2D eigenvalue weighted by atomic mass is 10.1. The average molecular weight is 541 g/mol. The van der Waals surface area contributed by atoms with Crippen molar-refractivity contribution in [1.29, 1.82) is 0 Å². The highest BCUT2D eigenvalue weighted by molar-refractivity contribution is 5.92. The van der Waals surface area contributed by atoms with Crippen molar-refractivity contribution in [2.24, 2.45) is 16.5 Å². The zero-order valence-electron chi connectivity index (χ0n) is 22.8. The van der Waals surface area contributed by atoms with E-state index in [0.717, 1.165) is 24.8 Å². The number of nitrogens with two attached hydrogens (primary N) is 2. The Balaban J connectivity index is 0.000000305. The Labute approximate surface area is 229 Å². The molecule has 0 fully saturated rings. The van der Waals surface area contributed by atoms with Crippen LogP contribution < -0.4 is 31.0 Å². The summed E-state index contributed by atoms with van der Waals surface area (Å²) in [6, 6.07) is 20.0. The Morgan fingerprint density at radius 2 is 1.62 bits per heavy atom. The number of rotatable bonds is 10. The summed E-state index contributed by atoms with van der Waals surface area (Å²) < 4.78 is 27.9. The molecule has 0 heterocycles. The Kier molecular flexibility index (Phi) is 15.7. The molecule has 5 N–H and O–H groups in total. The number of nitrogens with zero attached hydrogens (tertiary/aromatic N) is 1. The van der Waals surface area contributed by atoms with E-state index in [0.29, 0.717) is 29.2 Å². The minimum Gasteiger partial charge on any atom is -0.497 e. The van der Waals surface area contributed by atoms with Crippen molar-refractivity contribution in [3.8, 4) is 17.2 Å². The molecule has 0 radical (unpaired) electrons. The van der Waals surface area contributed by atoms with Crippen molar-refractivity contribution in [3.63, 3.8) is 0 Å². The highest BCUT2D eigenvalue weighted by atomic mass is 19.1. The molecule has 0 atom stereocenters. The van der Waals surface area contributed by atoms with Crippen LogP contribution in [0.1, 0.15) is 23.1 Å². The van der Waals surface area contributed by atoms with Crippen LogP contribution in [0.4, 0.5) is 4.39 Å². The molecule has 0 unspecified atom stereocenters. The third kappa shape index (κ3) is 13.1. The molecule has 3 rings (SSSR count). The summed E-state index contributed by atoms with van der Waals surface area (Å²) in [6.07, 6.45) is 2.52. The first-order chi connectivity index (χ1) is 18.8. The van der Waals surface area contributed by atoms with Crippen LogP contribution >= 0.6 is 0 Å². The second-order valence-corrected chi connectivity index (χ2v) is 7.98. The molecule has 0 bridgehead atoms. The highest BCUT2D eigenvalue weighted by Crippen LogP contribution is 2.25. The predicted octanol–water partition coefficient (Wildman–Crippen LogP) is 3.42. The van der Waals surface area contributed by atoms with Gasteiger partial charge in [-0.05, 0) is 42.8 Å². The van der Waals surface area contributed by atoms with Crippen molar-refractivity contribution in [3.05, 3.63) is 89.2 Å². The zero-order valence-corrected chi connectivity index (χ0v) is 22.8. The second-order valence-electron chi connectivity index (χ2n) is 7.98. The molecule has 210 valence electrons. The van der Waals surface area contributed by atoms with Crippen LogP contribution in [-0.4, -0.2) is 46.5 Å². The number of aldehydes is 1. The number of guanidine groups is 1. The first-order valence-corrected chi connectivity index (χ1v) is 12.1. The summed E-state index contributed by atoms with van der Waals surface area (Å²) in [6.45, 7) is 0.719. The Bertz CT molecular complexity index is 1190. The van der Waals surface area contributed by atoms with Gasteiger partial charge >= 0.3 is 0 Å². The van der Waals surface area contributed by atoms with Crippen molar-refractivity contribution < 1.29 is 28.2 Å². The quantitative estimate of drug-likeness (QED) is 0.202.